The summed E-state index contributed by atoms with van der Waals surface area (Å²) in [6, 6.07) is 6.04. The SMILES string of the molecule is Cc1ccc2c(c1)C(C)(C)OC(=O)N2C. The number of carbonyl (C=O) groups excluding carboxylic acids is 1. The summed E-state index contributed by atoms with van der Waals surface area (Å²) in [4.78, 5) is 13.1. The topological polar surface area (TPSA) is 29.5 Å². The Morgan fingerprint density at radius 2 is 2.00 bits per heavy atom. The molecular weight excluding hydrogens is 190 g/mol. The lowest BCUT2D eigenvalue weighted by molar-refractivity contribution is 0.0361. The molecule has 3 heteroatoms. The fraction of sp³-hybridized carbons (Fsp3) is 0.417. The molecule has 0 spiro atoms. The number of carbonyl (C=O) groups is 1. The summed E-state index contributed by atoms with van der Waals surface area (Å²) in [5.74, 6) is 0. The van der Waals surface area contributed by atoms with Gasteiger partial charge in [-0.1, -0.05) is 17.7 Å². The average Bonchev–Trinajstić information content (AvgIpc) is 2.14. The summed E-state index contributed by atoms with van der Waals surface area (Å²) in [6.07, 6.45) is -0.295. The lowest BCUT2D eigenvalue weighted by Crippen LogP contribution is -2.41. The molecule has 3 nitrogen and oxygen atoms in total. The van der Waals surface area contributed by atoms with Gasteiger partial charge in [-0.2, -0.15) is 0 Å². The molecule has 1 aliphatic heterocycles. The first-order valence-electron chi connectivity index (χ1n) is 4.99. The third-order valence-electron chi connectivity index (χ3n) is 2.78. The number of hydrogen-bond acceptors (Lipinski definition) is 2. The number of hydrogen-bond donors (Lipinski definition) is 0. The maximum Gasteiger partial charge on any atom is 0.414 e. The van der Waals surface area contributed by atoms with Crippen LogP contribution in [-0.2, 0) is 10.3 Å². The molecule has 0 saturated carbocycles. The van der Waals surface area contributed by atoms with Crippen LogP contribution in [-0.4, -0.2) is 13.1 Å². The van der Waals surface area contributed by atoms with Gasteiger partial charge in [-0.05, 0) is 26.8 Å². The van der Waals surface area contributed by atoms with Crippen LogP contribution < -0.4 is 4.90 Å². The third kappa shape index (κ3) is 1.48. The van der Waals surface area contributed by atoms with Crippen LogP contribution in [0, 0.1) is 6.92 Å². The van der Waals surface area contributed by atoms with Gasteiger partial charge in [0.05, 0.1) is 5.69 Å². The predicted molar refractivity (Wildman–Crippen MR) is 59.1 cm³/mol. The van der Waals surface area contributed by atoms with Crippen LogP contribution in [0.1, 0.15) is 25.0 Å². The minimum absolute atomic E-state index is 0.295. The highest BCUT2D eigenvalue weighted by Gasteiger charge is 2.36. The Bertz CT molecular complexity index is 424. The highest BCUT2D eigenvalue weighted by atomic mass is 16.6. The van der Waals surface area contributed by atoms with E-state index in [1.165, 1.54) is 5.56 Å². The number of amides is 1. The molecule has 0 radical (unpaired) electrons. The van der Waals surface area contributed by atoms with Crippen LogP contribution in [0.5, 0.6) is 0 Å². The number of rotatable bonds is 0. The first-order chi connectivity index (χ1) is 6.92. The Morgan fingerprint density at radius 3 is 2.67 bits per heavy atom. The molecule has 1 aromatic carbocycles. The van der Waals surface area contributed by atoms with Crippen LogP contribution in [0.15, 0.2) is 18.2 Å². The van der Waals surface area contributed by atoms with Crippen molar-refractivity contribution in [3.8, 4) is 0 Å². The molecular formula is C12H15NO2. The molecule has 0 saturated heterocycles. The summed E-state index contributed by atoms with van der Waals surface area (Å²) >= 11 is 0. The normalized spacial score (nSPS) is 18.4. The van der Waals surface area contributed by atoms with Gasteiger partial charge in [0.15, 0.2) is 0 Å². The Morgan fingerprint density at radius 1 is 1.33 bits per heavy atom. The van der Waals surface area contributed by atoms with Crippen molar-refractivity contribution in [2.24, 2.45) is 0 Å². The zero-order valence-electron chi connectivity index (χ0n) is 9.50. The van der Waals surface area contributed by atoms with E-state index >= 15 is 0 Å². The molecule has 0 fully saturated rings. The van der Waals surface area contributed by atoms with Crippen LogP contribution >= 0.6 is 0 Å². The van der Waals surface area contributed by atoms with E-state index in [-0.39, 0.29) is 6.09 Å². The van der Waals surface area contributed by atoms with Gasteiger partial charge in [-0.3, -0.25) is 4.90 Å². The van der Waals surface area contributed by atoms with E-state index in [1.54, 1.807) is 11.9 Å². The van der Waals surface area contributed by atoms with E-state index in [0.717, 1.165) is 11.3 Å². The van der Waals surface area contributed by atoms with Crippen molar-refractivity contribution in [2.75, 3.05) is 11.9 Å². The van der Waals surface area contributed by atoms with Crippen molar-refractivity contribution in [3.05, 3.63) is 29.3 Å². The Balaban J connectivity index is 2.64. The second kappa shape index (κ2) is 2.99. The molecule has 0 atom stereocenters. The van der Waals surface area contributed by atoms with Gasteiger partial charge in [-0.15, -0.1) is 0 Å². The van der Waals surface area contributed by atoms with Crippen molar-refractivity contribution < 1.29 is 9.53 Å². The molecule has 1 aliphatic rings. The zero-order chi connectivity index (χ0) is 11.2. The molecule has 0 aliphatic carbocycles. The molecule has 1 aromatic rings. The zero-order valence-corrected chi connectivity index (χ0v) is 9.50. The van der Waals surface area contributed by atoms with E-state index < -0.39 is 5.60 Å². The van der Waals surface area contributed by atoms with Crippen LogP contribution in [0.2, 0.25) is 0 Å². The second-order valence-electron chi connectivity index (χ2n) is 4.46. The summed E-state index contributed by atoms with van der Waals surface area (Å²) in [6.45, 7) is 5.86. The Kier molecular flexibility index (Phi) is 2.00. The monoisotopic (exact) mass is 205 g/mol. The minimum atomic E-state index is -0.537. The standard InChI is InChI=1S/C12H15NO2/c1-8-5-6-10-9(7-8)12(2,3)15-11(14)13(10)4/h5-7H,1-4H3. The fourth-order valence-corrected chi connectivity index (χ4v) is 1.86. The first-order valence-corrected chi connectivity index (χ1v) is 4.99. The molecule has 15 heavy (non-hydrogen) atoms. The van der Waals surface area contributed by atoms with Crippen LogP contribution in [0.25, 0.3) is 0 Å². The van der Waals surface area contributed by atoms with Crippen molar-refractivity contribution in [1.29, 1.82) is 0 Å². The summed E-state index contributed by atoms with van der Waals surface area (Å²) in [7, 11) is 1.73. The smallest absolute Gasteiger partial charge is 0.414 e. The third-order valence-corrected chi connectivity index (χ3v) is 2.78. The number of cyclic esters (lactones) is 1. The maximum atomic E-state index is 11.6. The highest BCUT2D eigenvalue weighted by molar-refractivity contribution is 5.90. The van der Waals surface area contributed by atoms with E-state index in [2.05, 4.69) is 6.07 Å². The molecule has 1 amide bonds. The lowest BCUT2D eigenvalue weighted by Gasteiger charge is -2.37. The van der Waals surface area contributed by atoms with Crippen LogP contribution in [0.3, 0.4) is 0 Å². The van der Waals surface area contributed by atoms with Gasteiger partial charge >= 0.3 is 6.09 Å². The molecule has 0 N–H and O–H groups in total. The summed E-state index contributed by atoms with van der Waals surface area (Å²) < 4.78 is 5.35. The van der Waals surface area contributed by atoms with Gasteiger partial charge in [0.1, 0.15) is 5.60 Å². The van der Waals surface area contributed by atoms with E-state index in [0.29, 0.717) is 0 Å². The van der Waals surface area contributed by atoms with Gasteiger partial charge in [0.2, 0.25) is 0 Å². The second-order valence-corrected chi connectivity index (χ2v) is 4.46. The van der Waals surface area contributed by atoms with Crippen molar-refractivity contribution >= 4 is 11.8 Å². The van der Waals surface area contributed by atoms with Gasteiger partial charge in [0.25, 0.3) is 0 Å². The lowest BCUT2D eigenvalue weighted by atomic mass is 9.93. The van der Waals surface area contributed by atoms with Gasteiger partial charge in [-0.25, -0.2) is 4.79 Å². The number of benzene rings is 1. The predicted octanol–water partition coefficient (Wildman–Crippen LogP) is 2.82. The molecule has 0 aromatic heterocycles. The molecule has 1 heterocycles. The van der Waals surface area contributed by atoms with Crippen LogP contribution in [0.4, 0.5) is 10.5 Å². The van der Waals surface area contributed by atoms with E-state index in [4.69, 9.17) is 4.74 Å². The number of ether oxygens (including phenoxy) is 1. The van der Waals surface area contributed by atoms with E-state index in [1.807, 2.05) is 32.9 Å². The largest absolute Gasteiger partial charge is 0.438 e. The van der Waals surface area contributed by atoms with Crippen molar-refractivity contribution in [3.63, 3.8) is 0 Å². The number of anilines is 1. The fourth-order valence-electron chi connectivity index (χ4n) is 1.86. The number of aryl methyl sites for hydroxylation is 1. The quantitative estimate of drug-likeness (QED) is 0.651. The molecule has 0 unspecified atom stereocenters. The average molecular weight is 205 g/mol. The summed E-state index contributed by atoms with van der Waals surface area (Å²) in [5.41, 5.74) is 2.63. The Hall–Kier alpha value is -1.51. The molecule has 80 valence electrons. The van der Waals surface area contributed by atoms with Crippen molar-refractivity contribution in [2.45, 2.75) is 26.4 Å². The van der Waals surface area contributed by atoms with Gasteiger partial charge in [0, 0.05) is 12.6 Å². The molecule has 2 rings (SSSR count). The number of nitrogens with zero attached hydrogens (tertiary/aromatic N) is 1. The van der Waals surface area contributed by atoms with E-state index in [9.17, 15) is 4.79 Å². The highest BCUT2D eigenvalue weighted by Crippen LogP contribution is 2.38. The maximum absolute atomic E-state index is 11.6. The number of fused-ring (bicyclic) bond motifs is 1. The van der Waals surface area contributed by atoms with Gasteiger partial charge < -0.3 is 4.74 Å². The Labute approximate surface area is 89.7 Å². The van der Waals surface area contributed by atoms with Crippen molar-refractivity contribution in [1.82, 2.24) is 0 Å². The minimum Gasteiger partial charge on any atom is -0.438 e. The first kappa shape index (κ1) is 10.0. The summed E-state index contributed by atoms with van der Waals surface area (Å²) in [5, 5.41) is 0. The molecule has 0 bridgehead atoms.